The van der Waals surface area contributed by atoms with Gasteiger partial charge in [-0.05, 0) is 19.1 Å². The lowest BCUT2D eigenvalue weighted by Gasteiger charge is -2.11. The minimum atomic E-state index is -0.432. The van der Waals surface area contributed by atoms with E-state index in [9.17, 15) is 14.7 Å². The minimum absolute atomic E-state index is 0.121. The molecule has 0 saturated heterocycles. The van der Waals surface area contributed by atoms with Gasteiger partial charge in [0.25, 0.3) is 5.56 Å². The molecule has 0 saturated carbocycles. The third-order valence-corrected chi connectivity index (χ3v) is 5.48. The number of hydrogen-bond acceptors (Lipinski definition) is 4. The molecule has 8 nitrogen and oxygen atoms in total. The van der Waals surface area contributed by atoms with Crippen molar-refractivity contribution in [3.05, 3.63) is 81.1 Å². The van der Waals surface area contributed by atoms with E-state index in [1.54, 1.807) is 29.6 Å². The van der Waals surface area contributed by atoms with Gasteiger partial charge in [-0.25, -0.2) is 4.79 Å². The normalized spacial score (nSPS) is 11.6. The molecule has 3 aromatic heterocycles. The Labute approximate surface area is 170 Å². The smallest absolute Gasteiger partial charge is 0.332 e. The van der Waals surface area contributed by atoms with E-state index in [4.69, 9.17) is 0 Å². The van der Waals surface area contributed by atoms with E-state index in [1.807, 2.05) is 47.9 Å². The molecule has 0 fully saturated rings. The first-order valence-corrected chi connectivity index (χ1v) is 9.44. The van der Waals surface area contributed by atoms with Crippen LogP contribution in [0.15, 0.2) is 64.2 Å². The number of phenols is 1. The van der Waals surface area contributed by atoms with Crippen LogP contribution >= 0.6 is 0 Å². The van der Waals surface area contributed by atoms with Crippen LogP contribution in [0.4, 0.5) is 0 Å². The van der Waals surface area contributed by atoms with Crippen LogP contribution in [0.5, 0.6) is 5.75 Å². The maximum absolute atomic E-state index is 13.0. The second-order valence-electron chi connectivity index (χ2n) is 7.28. The Morgan fingerprint density at radius 2 is 1.67 bits per heavy atom. The van der Waals surface area contributed by atoms with E-state index >= 15 is 0 Å². The third kappa shape index (κ3) is 2.30. The molecule has 150 valence electrons. The lowest BCUT2D eigenvalue weighted by molar-refractivity contribution is 0.475. The number of rotatable bonds is 2. The molecule has 0 amide bonds. The van der Waals surface area contributed by atoms with Crippen molar-refractivity contribution < 1.29 is 5.11 Å². The highest BCUT2D eigenvalue weighted by atomic mass is 16.3. The number of aromatic hydroxyl groups is 1. The standard InChI is InChI=1S/C22H19N5O3/c1-13-17(14-8-5-4-6-9-14)27(15-10-7-11-16(28)12-15)21-23-19-18(26(13)21)20(29)25(3)22(30)24(19)2/h4-12,28H,1-3H3. The molecule has 8 heteroatoms. The molecule has 0 aliphatic carbocycles. The summed E-state index contributed by atoms with van der Waals surface area (Å²) >= 11 is 0. The van der Waals surface area contributed by atoms with E-state index in [0.717, 1.165) is 21.5 Å². The highest BCUT2D eigenvalue weighted by Gasteiger charge is 2.24. The number of hydrogen-bond donors (Lipinski definition) is 1. The summed E-state index contributed by atoms with van der Waals surface area (Å²) in [6, 6.07) is 16.6. The van der Waals surface area contributed by atoms with Crippen molar-refractivity contribution in [2.75, 3.05) is 0 Å². The average molecular weight is 401 g/mol. The van der Waals surface area contributed by atoms with Crippen LogP contribution in [0.2, 0.25) is 0 Å². The fourth-order valence-corrected chi connectivity index (χ4v) is 4.03. The van der Waals surface area contributed by atoms with Crippen molar-refractivity contribution in [1.82, 2.24) is 23.1 Å². The first-order chi connectivity index (χ1) is 14.4. The highest BCUT2D eigenvalue weighted by molar-refractivity contribution is 5.81. The van der Waals surface area contributed by atoms with Crippen molar-refractivity contribution in [1.29, 1.82) is 0 Å². The second-order valence-corrected chi connectivity index (χ2v) is 7.28. The summed E-state index contributed by atoms with van der Waals surface area (Å²) in [6.07, 6.45) is 0. The first kappa shape index (κ1) is 18.0. The van der Waals surface area contributed by atoms with Gasteiger partial charge in [0.15, 0.2) is 11.2 Å². The number of phenolic OH excluding ortho intramolecular Hbond substituents is 1. The predicted octanol–water partition coefficient (Wildman–Crippen LogP) is 2.36. The molecule has 1 N–H and O–H groups in total. The monoisotopic (exact) mass is 401 g/mol. The van der Waals surface area contributed by atoms with E-state index < -0.39 is 11.2 Å². The van der Waals surface area contributed by atoms with Crippen molar-refractivity contribution in [3.8, 4) is 22.7 Å². The van der Waals surface area contributed by atoms with Gasteiger partial charge >= 0.3 is 5.69 Å². The molecule has 0 aliphatic heterocycles. The molecule has 5 rings (SSSR count). The van der Waals surface area contributed by atoms with Gasteiger partial charge in [-0.3, -0.25) is 22.9 Å². The lowest BCUT2D eigenvalue weighted by atomic mass is 10.1. The van der Waals surface area contributed by atoms with Crippen LogP contribution in [0.25, 0.3) is 33.9 Å². The van der Waals surface area contributed by atoms with Crippen molar-refractivity contribution in [2.24, 2.45) is 14.1 Å². The predicted molar refractivity (Wildman–Crippen MR) is 114 cm³/mol. The number of nitrogens with zero attached hydrogens (tertiary/aromatic N) is 5. The maximum atomic E-state index is 13.0. The summed E-state index contributed by atoms with van der Waals surface area (Å²) in [4.78, 5) is 30.1. The van der Waals surface area contributed by atoms with Gasteiger partial charge in [-0.15, -0.1) is 0 Å². The van der Waals surface area contributed by atoms with Gasteiger partial charge in [0.05, 0.1) is 11.4 Å². The minimum Gasteiger partial charge on any atom is -0.508 e. The molecule has 5 aromatic rings. The topological polar surface area (TPSA) is 86.5 Å². The van der Waals surface area contributed by atoms with Gasteiger partial charge in [0, 0.05) is 31.4 Å². The second kappa shape index (κ2) is 6.21. The van der Waals surface area contributed by atoms with Crippen LogP contribution in [-0.2, 0) is 14.1 Å². The molecular formula is C22H19N5O3. The number of aryl methyl sites for hydroxylation is 2. The van der Waals surface area contributed by atoms with Gasteiger partial charge in [-0.2, -0.15) is 4.98 Å². The quantitative estimate of drug-likeness (QED) is 0.492. The highest BCUT2D eigenvalue weighted by Crippen LogP contribution is 2.33. The molecule has 30 heavy (non-hydrogen) atoms. The Morgan fingerprint density at radius 1 is 0.933 bits per heavy atom. The van der Waals surface area contributed by atoms with Gasteiger partial charge in [0.1, 0.15) is 5.75 Å². The van der Waals surface area contributed by atoms with Crippen LogP contribution in [-0.4, -0.2) is 28.2 Å². The van der Waals surface area contributed by atoms with Crippen molar-refractivity contribution in [2.45, 2.75) is 6.92 Å². The van der Waals surface area contributed by atoms with Gasteiger partial charge in [0.2, 0.25) is 5.78 Å². The van der Waals surface area contributed by atoms with E-state index in [0.29, 0.717) is 22.6 Å². The molecule has 0 unspecified atom stereocenters. The van der Waals surface area contributed by atoms with Crippen molar-refractivity contribution in [3.63, 3.8) is 0 Å². The van der Waals surface area contributed by atoms with Crippen LogP contribution in [0, 0.1) is 6.92 Å². The summed E-state index contributed by atoms with van der Waals surface area (Å²) < 4.78 is 6.14. The fourth-order valence-electron chi connectivity index (χ4n) is 4.03. The number of imidazole rings is 2. The summed E-state index contributed by atoms with van der Waals surface area (Å²) in [5, 5.41) is 10.1. The molecule has 0 radical (unpaired) electrons. The third-order valence-electron chi connectivity index (χ3n) is 5.48. The molecule has 0 atom stereocenters. The largest absolute Gasteiger partial charge is 0.508 e. The van der Waals surface area contributed by atoms with E-state index in [1.165, 1.54) is 11.6 Å². The van der Waals surface area contributed by atoms with Crippen LogP contribution < -0.4 is 11.2 Å². The van der Waals surface area contributed by atoms with E-state index in [-0.39, 0.29) is 5.75 Å². The molecule has 0 aliphatic rings. The fraction of sp³-hybridized carbons (Fsp3) is 0.136. The summed E-state index contributed by atoms with van der Waals surface area (Å²) in [7, 11) is 3.06. The first-order valence-electron chi connectivity index (χ1n) is 9.44. The molecule has 0 spiro atoms. The molecule has 2 aromatic carbocycles. The maximum Gasteiger partial charge on any atom is 0.332 e. The number of aromatic nitrogens is 5. The summed E-state index contributed by atoms with van der Waals surface area (Å²) in [5.41, 5.74) is 3.11. The zero-order valence-corrected chi connectivity index (χ0v) is 16.7. The molecular weight excluding hydrogens is 382 g/mol. The Hall–Kier alpha value is -4.07. The van der Waals surface area contributed by atoms with Gasteiger partial charge < -0.3 is 5.11 Å². The van der Waals surface area contributed by atoms with Gasteiger partial charge in [-0.1, -0.05) is 36.4 Å². The molecule has 0 bridgehead atoms. The van der Waals surface area contributed by atoms with Crippen LogP contribution in [0.1, 0.15) is 5.69 Å². The Bertz CT molecular complexity index is 1570. The number of benzene rings is 2. The SMILES string of the molecule is Cc1c(-c2ccccc2)n(-c2cccc(O)c2)c2nc3c(c(=O)n(C)c(=O)n3C)n12. The molecule has 3 heterocycles. The number of fused-ring (bicyclic) bond motifs is 3. The average Bonchev–Trinajstić information content (AvgIpc) is 3.27. The van der Waals surface area contributed by atoms with Crippen molar-refractivity contribution >= 4 is 16.9 Å². The Balaban J connectivity index is 2.05. The zero-order chi connectivity index (χ0) is 21.2. The summed E-state index contributed by atoms with van der Waals surface area (Å²) in [6.45, 7) is 1.92. The summed E-state index contributed by atoms with van der Waals surface area (Å²) in [5.74, 6) is 0.612. The Morgan fingerprint density at radius 3 is 2.37 bits per heavy atom. The van der Waals surface area contributed by atoms with E-state index in [2.05, 4.69) is 4.98 Å². The van der Waals surface area contributed by atoms with Crippen LogP contribution in [0.3, 0.4) is 0 Å². The Kier molecular flexibility index (Phi) is 3.73. The lowest BCUT2D eigenvalue weighted by Crippen LogP contribution is -2.37. The zero-order valence-electron chi connectivity index (χ0n) is 16.7.